The second kappa shape index (κ2) is 8.80. The molecule has 0 unspecified atom stereocenters. The molecular formula is C18H29NO. The van der Waals surface area contributed by atoms with Gasteiger partial charge in [-0.15, -0.1) is 6.58 Å². The van der Waals surface area contributed by atoms with E-state index in [1.807, 2.05) is 6.08 Å². The maximum atomic E-state index is 5.74. The first-order valence-electron chi connectivity index (χ1n) is 7.59. The first-order chi connectivity index (χ1) is 9.51. The summed E-state index contributed by atoms with van der Waals surface area (Å²) in [4.78, 5) is 0. The predicted molar refractivity (Wildman–Crippen MR) is 87.2 cm³/mol. The molecule has 1 rings (SSSR count). The number of ether oxygens (including phenoxy) is 1. The second-order valence-corrected chi connectivity index (χ2v) is 6.23. The summed E-state index contributed by atoms with van der Waals surface area (Å²) in [7, 11) is 0. The quantitative estimate of drug-likeness (QED) is 0.521. The lowest BCUT2D eigenvalue weighted by atomic mass is 10.1. The summed E-state index contributed by atoms with van der Waals surface area (Å²) in [6.45, 7) is 12.0. The van der Waals surface area contributed by atoms with Crippen LogP contribution in [0.2, 0.25) is 0 Å². The lowest BCUT2D eigenvalue weighted by Gasteiger charge is -2.20. The molecule has 2 nitrogen and oxygen atoms in total. The van der Waals surface area contributed by atoms with E-state index in [-0.39, 0.29) is 5.54 Å². The topological polar surface area (TPSA) is 21.3 Å². The normalized spacial score (nSPS) is 11.3. The fourth-order valence-electron chi connectivity index (χ4n) is 1.83. The maximum absolute atomic E-state index is 5.74. The summed E-state index contributed by atoms with van der Waals surface area (Å²) in [5.74, 6) is 0.966. The third kappa shape index (κ3) is 8.00. The van der Waals surface area contributed by atoms with Crippen molar-refractivity contribution in [2.75, 3.05) is 6.61 Å². The molecule has 1 aromatic carbocycles. The van der Waals surface area contributed by atoms with Crippen LogP contribution in [-0.4, -0.2) is 12.1 Å². The number of hydrogen-bond acceptors (Lipinski definition) is 2. The molecule has 0 amide bonds. The highest BCUT2D eigenvalue weighted by Crippen LogP contribution is 2.14. The van der Waals surface area contributed by atoms with Crippen LogP contribution in [0.5, 0.6) is 5.75 Å². The number of benzene rings is 1. The Morgan fingerprint density at radius 3 is 2.40 bits per heavy atom. The van der Waals surface area contributed by atoms with Crippen LogP contribution < -0.4 is 10.1 Å². The average Bonchev–Trinajstić information content (AvgIpc) is 2.41. The van der Waals surface area contributed by atoms with Crippen molar-refractivity contribution in [3.05, 3.63) is 42.5 Å². The van der Waals surface area contributed by atoms with E-state index in [1.54, 1.807) is 0 Å². The van der Waals surface area contributed by atoms with E-state index >= 15 is 0 Å². The Hall–Kier alpha value is -1.28. The van der Waals surface area contributed by atoms with Gasteiger partial charge in [-0.2, -0.15) is 0 Å². The Bertz CT molecular complexity index is 375. The summed E-state index contributed by atoms with van der Waals surface area (Å²) in [6.07, 6.45) is 6.62. The van der Waals surface area contributed by atoms with Crippen molar-refractivity contribution in [3.63, 3.8) is 0 Å². The molecule has 0 aliphatic heterocycles. The zero-order valence-corrected chi connectivity index (χ0v) is 13.2. The first-order valence-corrected chi connectivity index (χ1v) is 7.59. The third-order valence-electron chi connectivity index (χ3n) is 3.07. The van der Waals surface area contributed by atoms with Crippen LogP contribution in [0.15, 0.2) is 36.9 Å². The van der Waals surface area contributed by atoms with E-state index in [9.17, 15) is 0 Å². The van der Waals surface area contributed by atoms with Crippen LogP contribution in [0.25, 0.3) is 0 Å². The van der Waals surface area contributed by atoms with Crippen LogP contribution in [0.3, 0.4) is 0 Å². The predicted octanol–water partition coefficient (Wildman–Crippen LogP) is 4.70. The molecule has 0 bridgehead atoms. The molecule has 1 aromatic rings. The van der Waals surface area contributed by atoms with E-state index in [4.69, 9.17) is 4.74 Å². The van der Waals surface area contributed by atoms with Gasteiger partial charge in [0.15, 0.2) is 0 Å². The Kier molecular flexibility index (Phi) is 7.38. The van der Waals surface area contributed by atoms with E-state index in [0.29, 0.717) is 0 Å². The minimum absolute atomic E-state index is 0.153. The summed E-state index contributed by atoms with van der Waals surface area (Å²) in [5.41, 5.74) is 1.44. The number of rotatable bonds is 9. The van der Waals surface area contributed by atoms with Crippen LogP contribution in [0, 0.1) is 0 Å². The fourth-order valence-corrected chi connectivity index (χ4v) is 1.83. The van der Waals surface area contributed by atoms with Crippen molar-refractivity contribution in [1.82, 2.24) is 5.32 Å². The van der Waals surface area contributed by atoms with Gasteiger partial charge in [0.25, 0.3) is 0 Å². The molecule has 0 saturated heterocycles. The highest BCUT2D eigenvalue weighted by Gasteiger charge is 2.08. The molecule has 0 fully saturated rings. The van der Waals surface area contributed by atoms with Crippen molar-refractivity contribution >= 4 is 0 Å². The number of allylic oxidation sites excluding steroid dienone is 1. The summed E-state index contributed by atoms with van der Waals surface area (Å²) in [6, 6.07) is 8.38. The smallest absolute Gasteiger partial charge is 0.119 e. The average molecular weight is 275 g/mol. The number of hydrogen-bond donors (Lipinski definition) is 1. The maximum Gasteiger partial charge on any atom is 0.119 e. The zero-order chi connectivity index (χ0) is 14.8. The van der Waals surface area contributed by atoms with Crippen molar-refractivity contribution in [2.45, 2.75) is 58.5 Å². The van der Waals surface area contributed by atoms with E-state index in [1.165, 1.54) is 18.4 Å². The molecule has 0 atom stereocenters. The summed E-state index contributed by atoms with van der Waals surface area (Å²) >= 11 is 0. The van der Waals surface area contributed by atoms with Gasteiger partial charge in [0.2, 0.25) is 0 Å². The molecule has 0 spiro atoms. The van der Waals surface area contributed by atoms with Crippen molar-refractivity contribution in [1.29, 1.82) is 0 Å². The highest BCUT2D eigenvalue weighted by atomic mass is 16.5. The van der Waals surface area contributed by atoms with Crippen LogP contribution in [0.4, 0.5) is 0 Å². The van der Waals surface area contributed by atoms with Gasteiger partial charge in [0, 0.05) is 12.1 Å². The lowest BCUT2D eigenvalue weighted by molar-refractivity contribution is 0.305. The third-order valence-corrected chi connectivity index (χ3v) is 3.07. The second-order valence-electron chi connectivity index (χ2n) is 6.23. The van der Waals surface area contributed by atoms with Gasteiger partial charge in [0.1, 0.15) is 5.75 Å². The molecule has 0 aliphatic carbocycles. The van der Waals surface area contributed by atoms with Gasteiger partial charge in [-0.25, -0.2) is 0 Å². The molecule has 20 heavy (non-hydrogen) atoms. The number of nitrogens with one attached hydrogen (secondary N) is 1. The number of unbranched alkanes of at least 4 members (excludes halogenated alkanes) is 3. The molecule has 0 aromatic heterocycles. The monoisotopic (exact) mass is 275 g/mol. The van der Waals surface area contributed by atoms with Gasteiger partial charge in [-0.3, -0.25) is 0 Å². The Morgan fingerprint density at radius 1 is 1.10 bits per heavy atom. The molecule has 0 aliphatic rings. The first kappa shape index (κ1) is 16.8. The molecule has 112 valence electrons. The molecule has 0 heterocycles. The minimum Gasteiger partial charge on any atom is -0.494 e. The van der Waals surface area contributed by atoms with Crippen LogP contribution in [-0.2, 0) is 6.54 Å². The van der Waals surface area contributed by atoms with Crippen molar-refractivity contribution in [2.24, 2.45) is 0 Å². The molecule has 1 N–H and O–H groups in total. The lowest BCUT2D eigenvalue weighted by Crippen LogP contribution is -2.35. The minimum atomic E-state index is 0.153. The molecular weight excluding hydrogens is 246 g/mol. The standard InChI is InChI=1S/C18H29NO/c1-5-6-7-8-9-14-20-17-12-10-16(11-13-17)15-19-18(2,3)4/h5,10-13,19H,1,6-9,14-15H2,2-4H3. The van der Waals surface area contributed by atoms with Gasteiger partial charge in [-0.05, 0) is 64.2 Å². The highest BCUT2D eigenvalue weighted by molar-refractivity contribution is 5.27. The van der Waals surface area contributed by atoms with Crippen LogP contribution in [0.1, 0.15) is 52.0 Å². The van der Waals surface area contributed by atoms with Crippen molar-refractivity contribution in [3.8, 4) is 5.75 Å². The van der Waals surface area contributed by atoms with Crippen LogP contribution >= 0.6 is 0 Å². The summed E-state index contributed by atoms with van der Waals surface area (Å²) in [5, 5.41) is 3.48. The Balaban J connectivity index is 2.23. The molecule has 2 heteroatoms. The van der Waals surface area contributed by atoms with Gasteiger partial charge in [0.05, 0.1) is 6.61 Å². The van der Waals surface area contributed by atoms with E-state index < -0.39 is 0 Å². The van der Waals surface area contributed by atoms with E-state index in [2.05, 4.69) is 56.9 Å². The summed E-state index contributed by atoms with van der Waals surface area (Å²) < 4.78 is 5.74. The molecule has 0 saturated carbocycles. The SMILES string of the molecule is C=CCCCCCOc1ccc(CNC(C)(C)C)cc1. The van der Waals surface area contributed by atoms with Crippen molar-refractivity contribution < 1.29 is 4.74 Å². The van der Waals surface area contributed by atoms with Gasteiger partial charge >= 0.3 is 0 Å². The largest absolute Gasteiger partial charge is 0.494 e. The van der Waals surface area contributed by atoms with Gasteiger partial charge in [-0.1, -0.05) is 18.2 Å². The Labute approximate surface area is 124 Å². The van der Waals surface area contributed by atoms with E-state index in [0.717, 1.165) is 31.7 Å². The Morgan fingerprint density at radius 2 is 1.80 bits per heavy atom. The van der Waals surface area contributed by atoms with Gasteiger partial charge < -0.3 is 10.1 Å². The molecule has 0 radical (unpaired) electrons. The fraction of sp³-hybridized carbons (Fsp3) is 0.556. The zero-order valence-electron chi connectivity index (χ0n) is 13.2.